The fourth-order valence-corrected chi connectivity index (χ4v) is 2.69. The summed E-state index contributed by atoms with van der Waals surface area (Å²) in [5.41, 5.74) is 3.17. The van der Waals surface area contributed by atoms with Crippen LogP contribution in [0.15, 0.2) is 30.5 Å². The van der Waals surface area contributed by atoms with Gasteiger partial charge in [-0.1, -0.05) is 12.1 Å². The summed E-state index contributed by atoms with van der Waals surface area (Å²) >= 11 is 0. The normalized spacial score (nSPS) is 13.8. The van der Waals surface area contributed by atoms with E-state index in [1.807, 2.05) is 38.1 Å². The van der Waals surface area contributed by atoms with Crippen LogP contribution in [0.5, 0.6) is 0 Å². The first-order valence-corrected chi connectivity index (χ1v) is 7.62. The second-order valence-electron chi connectivity index (χ2n) is 5.95. The molecule has 0 bridgehead atoms. The standard InChI is InChI=1S/C17H19N3O3/c1-11-4-3-5-14(8-11)20-12(2)15(9-18-20)17(23)19(10-16(21)22)13-6-7-13/h3-5,8-9,13H,6-7,10H2,1-2H3,(H,21,22). The molecular formula is C17H19N3O3. The Bertz CT molecular complexity index is 762. The number of carbonyl (C=O) groups excluding carboxylic acids is 1. The smallest absolute Gasteiger partial charge is 0.323 e. The molecule has 0 aliphatic heterocycles. The molecule has 1 aromatic heterocycles. The Balaban J connectivity index is 1.91. The number of aryl methyl sites for hydroxylation is 1. The molecule has 1 saturated carbocycles. The minimum atomic E-state index is -0.992. The van der Waals surface area contributed by atoms with Crippen molar-refractivity contribution >= 4 is 11.9 Å². The van der Waals surface area contributed by atoms with Gasteiger partial charge in [-0.2, -0.15) is 5.10 Å². The van der Waals surface area contributed by atoms with Crippen LogP contribution in [-0.4, -0.2) is 44.3 Å². The molecule has 1 heterocycles. The largest absolute Gasteiger partial charge is 0.480 e. The van der Waals surface area contributed by atoms with Gasteiger partial charge in [-0.3, -0.25) is 9.59 Å². The summed E-state index contributed by atoms with van der Waals surface area (Å²) in [6.07, 6.45) is 3.26. The van der Waals surface area contributed by atoms with Crippen molar-refractivity contribution in [2.45, 2.75) is 32.7 Å². The van der Waals surface area contributed by atoms with Crippen molar-refractivity contribution in [3.8, 4) is 5.69 Å². The summed E-state index contributed by atoms with van der Waals surface area (Å²) in [5, 5.41) is 13.3. The van der Waals surface area contributed by atoms with Crippen molar-refractivity contribution in [1.29, 1.82) is 0 Å². The Labute approximate surface area is 134 Å². The fourth-order valence-electron chi connectivity index (χ4n) is 2.69. The predicted octanol–water partition coefficient (Wildman–Crippen LogP) is 2.18. The van der Waals surface area contributed by atoms with E-state index in [4.69, 9.17) is 5.11 Å². The predicted molar refractivity (Wildman–Crippen MR) is 84.7 cm³/mol. The maximum atomic E-state index is 12.7. The van der Waals surface area contributed by atoms with Gasteiger partial charge in [0.1, 0.15) is 6.54 Å². The molecule has 120 valence electrons. The summed E-state index contributed by atoms with van der Waals surface area (Å²) < 4.78 is 1.71. The van der Waals surface area contributed by atoms with Crippen LogP contribution >= 0.6 is 0 Å². The van der Waals surface area contributed by atoms with Crippen LogP contribution in [0.1, 0.15) is 34.5 Å². The summed E-state index contributed by atoms with van der Waals surface area (Å²) in [6, 6.07) is 7.89. The van der Waals surface area contributed by atoms with E-state index >= 15 is 0 Å². The first-order chi connectivity index (χ1) is 11.0. The maximum Gasteiger partial charge on any atom is 0.323 e. The van der Waals surface area contributed by atoms with E-state index in [0.717, 1.165) is 29.8 Å². The fraction of sp³-hybridized carbons (Fsp3) is 0.353. The van der Waals surface area contributed by atoms with Gasteiger partial charge < -0.3 is 10.0 Å². The number of benzene rings is 1. The number of amides is 1. The molecule has 1 N–H and O–H groups in total. The van der Waals surface area contributed by atoms with Crippen LogP contribution in [0.2, 0.25) is 0 Å². The molecule has 1 amide bonds. The first kappa shape index (κ1) is 15.3. The lowest BCUT2D eigenvalue weighted by Crippen LogP contribution is -2.37. The van der Waals surface area contributed by atoms with Gasteiger partial charge in [0, 0.05) is 6.04 Å². The lowest BCUT2D eigenvalue weighted by Gasteiger charge is -2.19. The third-order valence-electron chi connectivity index (χ3n) is 4.04. The number of nitrogens with zero attached hydrogens (tertiary/aromatic N) is 3. The van der Waals surface area contributed by atoms with E-state index in [1.165, 1.54) is 11.1 Å². The van der Waals surface area contributed by atoms with Gasteiger partial charge in [0.05, 0.1) is 23.1 Å². The van der Waals surface area contributed by atoms with Gasteiger partial charge in [0.25, 0.3) is 5.91 Å². The van der Waals surface area contributed by atoms with Crippen LogP contribution in [0.3, 0.4) is 0 Å². The molecule has 1 aliphatic carbocycles. The second kappa shape index (κ2) is 5.87. The van der Waals surface area contributed by atoms with Crippen molar-refractivity contribution in [2.24, 2.45) is 0 Å². The van der Waals surface area contributed by atoms with Crippen LogP contribution in [0, 0.1) is 13.8 Å². The highest BCUT2D eigenvalue weighted by atomic mass is 16.4. The molecule has 23 heavy (non-hydrogen) atoms. The number of carbonyl (C=O) groups is 2. The molecule has 0 unspecified atom stereocenters. The quantitative estimate of drug-likeness (QED) is 0.918. The van der Waals surface area contributed by atoms with E-state index in [1.54, 1.807) is 4.68 Å². The molecule has 2 aromatic rings. The molecule has 0 atom stereocenters. The van der Waals surface area contributed by atoms with E-state index in [-0.39, 0.29) is 18.5 Å². The third-order valence-corrected chi connectivity index (χ3v) is 4.04. The van der Waals surface area contributed by atoms with Crippen LogP contribution in [-0.2, 0) is 4.79 Å². The zero-order chi connectivity index (χ0) is 16.6. The van der Waals surface area contributed by atoms with Crippen molar-refractivity contribution in [3.63, 3.8) is 0 Å². The van der Waals surface area contributed by atoms with Crippen molar-refractivity contribution in [1.82, 2.24) is 14.7 Å². The van der Waals surface area contributed by atoms with Gasteiger partial charge in [0.15, 0.2) is 0 Å². The first-order valence-electron chi connectivity index (χ1n) is 7.62. The van der Waals surface area contributed by atoms with Crippen molar-refractivity contribution < 1.29 is 14.7 Å². The molecule has 1 aromatic carbocycles. The average molecular weight is 313 g/mol. The summed E-state index contributed by atoms with van der Waals surface area (Å²) in [5.74, 6) is -1.25. The summed E-state index contributed by atoms with van der Waals surface area (Å²) in [4.78, 5) is 25.2. The highest BCUT2D eigenvalue weighted by molar-refractivity contribution is 5.97. The zero-order valence-electron chi connectivity index (χ0n) is 13.2. The number of rotatable bonds is 5. The van der Waals surface area contributed by atoms with Gasteiger partial charge in [-0.05, 0) is 44.4 Å². The lowest BCUT2D eigenvalue weighted by atomic mass is 10.2. The molecule has 6 heteroatoms. The number of carboxylic acid groups (broad SMARTS) is 1. The summed E-state index contributed by atoms with van der Waals surface area (Å²) in [7, 11) is 0. The third kappa shape index (κ3) is 3.11. The SMILES string of the molecule is Cc1cccc(-n2ncc(C(=O)N(CC(=O)O)C3CC3)c2C)c1. The Morgan fingerprint density at radius 1 is 1.35 bits per heavy atom. The zero-order valence-corrected chi connectivity index (χ0v) is 13.2. The highest BCUT2D eigenvalue weighted by Gasteiger charge is 2.35. The number of carboxylic acids is 1. The van der Waals surface area contributed by atoms with Gasteiger partial charge >= 0.3 is 5.97 Å². The molecular weight excluding hydrogens is 294 g/mol. The van der Waals surface area contributed by atoms with E-state index in [0.29, 0.717) is 5.56 Å². The molecule has 1 fully saturated rings. The monoisotopic (exact) mass is 313 g/mol. The molecule has 1 aliphatic rings. The number of aromatic nitrogens is 2. The number of hydrogen-bond donors (Lipinski definition) is 1. The van der Waals surface area contributed by atoms with Gasteiger partial charge in [-0.15, -0.1) is 0 Å². The second-order valence-corrected chi connectivity index (χ2v) is 5.95. The Morgan fingerprint density at radius 2 is 2.09 bits per heavy atom. The van der Waals surface area contributed by atoms with E-state index in [9.17, 15) is 9.59 Å². The van der Waals surface area contributed by atoms with Crippen LogP contribution in [0.4, 0.5) is 0 Å². The molecule has 3 rings (SSSR count). The van der Waals surface area contributed by atoms with Crippen LogP contribution < -0.4 is 0 Å². The number of aliphatic carboxylic acids is 1. The van der Waals surface area contributed by atoms with Crippen molar-refractivity contribution in [3.05, 3.63) is 47.3 Å². The minimum Gasteiger partial charge on any atom is -0.480 e. The van der Waals surface area contributed by atoms with E-state index < -0.39 is 5.97 Å². The molecule has 6 nitrogen and oxygen atoms in total. The Morgan fingerprint density at radius 3 is 2.70 bits per heavy atom. The minimum absolute atomic E-state index is 0.0420. The average Bonchev–Trinajstić information content (AvgIpc) is 3.26. The highest BCUT2D eigenvalue weighted by Crippen LogP contribution is 2.29. The Hall–Kier alpha value is -2.63. The summed E-state index contributed by atoms with van der Waals surface area (Å²) in [6.45, 7) is 3.56. The Kier molecular flexibility index (Phi) is 3.90. The topological polar surface area (TPSA) is 75.4 Å². The molecule has 0 saturated heterocycles. The van der Waals surface area contributed by atoms with Crippen LogP contribution in [0.25, 0.3) is 5.69 Å². The maximum absolute atomic E-state index is 12.7. The van der Waals surface area contributed by atoms with Gasteiger partial charge in [0.2, 0.25) is 0 Å². The lowest BCUT2D eigenvalue weighted by molar-refractivity contribution is -0.137. The number of hydrogen-bond acceptors (Lipinski definition) is 3. The van der Waals surface area contributed by atoms with Crippen molar-refractivity contribution in [2.75, 3.05) is 6.54 Å². The van der Waals surface area contributed by atoms with Gasteiger partial charge in [-0.25, -0.2) is 4.68 Å². The molecule has 0 spiro atoms. The van der Waals surface area contributed by atoms with E-state index in [2.05, 4.69) is 5.10 Å². The molecule has 0 radical (unpaired) electrons.